The number of ether oxygens (including phenoxy) is 1. The van der Waals surface area contributed by atoms with Crippen molar-refractivity contribution in [1.29, 1.82) is 0 Å². The summed E-state index contributed by atoms with van der Waals surface area (Å²) >= 11 is 0. The molecule has 1 aromatic heterocycles. The number of fused-ring (bicyclic) bond motifs is 4. The maximum atomic E-state index is 12.2. The summed E-state index contributed by atoms with van der Waals surface area (Å²) in [5, 5.41) is 5.97. The average molecular weight is 451 g/mol. The first-order chi connectivity index (χ1) is 15.8. The molecule has 4 aliphatic rings. The number of esters is 1. The lowest BCUT2D eigenvalue weighted by Crippen LogP contribution is -2.47. The van der Waals surface area contributed by atoms with Gasteiger partial charge in [-0.2, -0.15) is 5.10 Å². The van der Waals surface area contributed by atoms with Gasteiger partial charge in [-0.15, -0.1) is 0 Å². The van der Waals surface area contributed by atoms with Gasteiger partial charge in [0, 0.05) is 18.5 Å². The van der Waals surface area contributed by atoms with Crippen LogP contribution in [0, 0.1) is 5.41 Å². The van der Waals surface area contributed by atoms with Gasteiger partial charge in [0.15, 0.2) is 0 Å². The van der Waals surface area contributed by atoms with Crippen molar-refractivity contribution in [2.45, 2.75) is 64.5 Å². The van der Waals surface area contributed by atoms with Crippen molar-refractivity contribution >= 4 is 22.9 Å². The molecule has 0 atom stereocenters. The molecule has 2 aromatic rings. The molecule has 0 spiro atoms. The van der Waals surface area contributed by atoms with Crippen LogP contribution < -0.4 is 0 Å². The quantitative estimate of drug-likeness (QED) is 0.627. The van der Waals surface area contributed by atoms with E-state index in [0.29, 0.717) is 18.0 Å². The van der Waals surface area contributed by atoms with Crippen LogP contribution in [0.25, 0.3) is 17.0 Å². The zero-order chi connectivity index (χ0) is 23.1. The van der Waals surface area contributed by atoms with Gasteiger partial charge in [0.1, 0.15) is 5.60 Å². The normalized spacial score (nSPS) is 26.9. The first kappa shape index (κ1) is 22.6. The average Bonchev–Trinajstić information content (AvgIpc) is 3.22. The topological polar surface area (TPSA) is 50.6 Å². The van der Waals surface area contributed by atoms with Gasteiger partial charge in [-0.05, 0) is 95.6 Å². The number of piperidine rings is 4. The molecule has 6 heteroatoms. The fourth-order valence-electron chi connectivity index (χ4n) is 5.72. The molecular weight excluding hydrogens is 412 g/mol. The smallest absolute Gasteiger partial charge is 0.320 e. The Morgan fingerprint density at radius 3 is 2.48 bits per heavy atom. The molecule has 4 saturated heterocycles. The zero-order valence-corrected chi connectivity index (χ0v) is 20.4. The minimum absolute atomic E-state index is 0.135. The molecule has 6 rings (SSSR count). The zero-order valence-electron chi connectivity index (χ0n) is 20.4. The second kappa shape index (κ2) is 8.88. The summed E-state index contributed by atoms with van der Waals surface area (Å²) in [6.07, 6.45) is 12.8. The van der Waals surface area contributed by atoms with Gasteiger partial charge in [-0.3, -0.25) is 14.4 Å². The molecule has 0 N–H and O–H groups in total. The molecule has 0 aliphatic carbocycles. The van der Waals surface area contributed by atoms with Gasteiger partial charge in [-0.1, -0.05) is 18.2 Å². The van der Waals surface area contributed by atoms with E-state index in [9.17, 15) is 4.79 Å². The Morgan fingerprint density at radius 1 is 1.12 bits per heavy atom. The summed E-state index contributed by atoms with van der Waals surface area (Å²) in [5.74, 6) is -0.135. The summed E-state index contributed by atoms with van der Waals surface area (Å²) in [4.78, 5) is 16.9. The second-order valence-corrected chi connectivity index (χ2v) is 11.3. The Kier molecular flexibility index (Phi) is 6.08. The lowest BCUT2D eigenvalue weighted by Gasteiger charge is -2.47. The number of carbonyl (C=O) groups is 1. The maximum absolute atomic E-state index is 12.2. The van der Waals surface area contributed by atoms with Crippen molar-refractivity contribution in [3.05, 3.63) is 36.0 Å². The standard InChI is InChI=1S/C27H38N4O2/c1-26(2,3)33-25(32)20-30-13-7-23(8-14-30)31-24-5-4-21(18-22(24)19-28-31)6-9-27-10-15-29(16-11-27)17-12-27/h4-6,9,18-19,23H,7-8,10-17,20H2,1-3H3/b9-6+. The predicted octanol–water partition coefficient (Wildman–Crippen LogP) is 4.51. The fourth-order valence-corrected chi connectivity index (χ4v) is 5.72. The molecule has 4 fully saturated rings. The van der Waals surface area contributed by atoms with E-state index in [1.54, 1.807) is 0 Å². The molecule has 0 unspecified atom stereocenters. The van der Waals surface area contributed by atoms with E-state index in [0.717, 1.165) is 25.9 Å². The third-order valence-corrected chi connectivity index (χ3v) is 7.70. The number of hydrogen-bond donors (Lipinski definition) is 0. The molecule has 2 bridgehead atoms. The van der Waals surface area contributed by atoms with Crippen LogP contribution in [-0.2, 0) is 9.53 Å². The van der Waals surface area contributed by atoms with E-state index in [1.807, 2.05) is 27.0 Å². The third kappa shape index (κ3) is 5.17. The summed E-state index contributed by atoms with van der Waals surface area (Å²) in [5.41, 5.74) is 2.48. The summed E-state index contributed by atoms with van der Waals surface area (Å²) in [6, 6.07) is 7.13. The highest BCUT2D eigenvalue weighted by Gasteiger charge is 2.37. The van der Waals surface area contributed by atoms with Crippen LogP contribution in [0.4, 0.5) is 0 Å². The maximum Gasteiger partial charge on any atom is 0.320 e. The van der Waals surface area contributed by atoms with E-state index in [-0.39, 0.29) is 5.97 Å². The van der Waals surface area contributed by atoms with Gasteiger partial charge in [0.2, 0.25) is 0 Å². The molecule has 1 aromatic carbocycles. The largest absolute Gasteiger partial charge is 0.459 e. The highest BCUT2D eigenvalue weighted by molar-refractivity contribution is 5.81. The Bertz CT molecular complexity index is 1000. The van der Waals surface area contributed by atoms with Crippen molar-refractivity contribution in [3.8, 4) is 0 Å². The molecule has 33 heavy (non-hydrogen) atoms. The summed E-state index contributed by atoms with van der Waals surface area (Å²) in [7, 11) is 0. The monoisotopic (exact) mass is 450 g/mol. The van der Waals surface area contributed by atoms with Gasteiger partial charge < -0.3 is 9.64 Å². The number of allylic oxidation sites excluding steroid dienone is 1. The molecule has 0 radical (unpaired) electrons. The Morgan fingerprint density at radius 2 is 1.82 bits per heavy atom. The number of likely N-dealkylation sites (tertiary alicyclic amines) is 1. The van der Waals surface area contributed by atoms with E-state index < -0.39 is 5.60 Å². The van der Waals surface area contributed by atoms with E-state index in [4.69, 9.17) is 9.84 Å². The molecule has 0 amide bonds. The molecule has 6 nitrogen and oxygen atoms in total. The van der Waals surface area contributed by atoms with Crippen molar-refractivity contribution in [2.24, 2.45) is 5.41 Å². The molecule has 0 saturated carbocycles. The number of rotatable bonds is 5. The Hall–Kier alpha value is -2.18. The minimum atomic E-state index is -0.425. The SMILES string of the molecule is CC(C)(C)OC(=O)CN1CCC(n2ncc3cc(/C=C/C45CCN(CC4)CC5)ccc32)CC1. The van der Waals surface area contributed by atoms with E-state index in [1.165, 1.54) is 55.4 Å². The highest BCUT2D eigenvalue weighted by atomic mass is 16.6. The Balaban J connectivity index is 1.21. The van der Waals surface area contributed by atoms with Gasteiger partial charge >= 0.3 is 5.97 Å². The lowest BCUT2D eigenvalue weighted by atomic mass is 9.72. The number of benzene rings is 1. The van der Waals surface area contributed by atoms with Crippen LogP contribution in [0.3, 0.4) is 0 Å². The van der Waals surface area contributed by atoms with Crippen molar-refractivity contribution < 1.29 is 9.53 Å². The molecular formula is C27H38N4O2. The van der Waals surface area contributed by atoms with Crippen LogP contribution in [0.2, 0.25) is 0 Å². The van der Waals surface area contributed by atoms with E-state index >= 15 is 0 Å². The van der Waals surface area contributed by atoms with Crippen LogP contribution in [0.5, 0.6) is 0 Å². The van der Waals surface area contributed by atoms with Gasteiger partial charge in [-0.25, -0.2) is 0 Å². The van der Waals surface area contributed by atoms with Gasteiger partial charge in [0.25, 0.3) is 0 Å². The minimum Gasteiger partial charge on any atom is -0.459 e. The predicted molar refractivity (Wildman–Crippen MR) is 132 cm³/mol. The molecule has 4 aliphatic heterocycles. The fraction of sp³-hybridized carbons (Fsp3) is 0.630. The number of carbonyl (C=O) groups excluding carboxylic acids is 1. The first-order valence-electron chi connectivity index (χ1n) is 12.6. The van der Waals surface area contributed by atoms with Crippen molar-refractivity contribution in [3.63, 3.8) is 0 Å². The first-order valence-corrected chi connectivity index (χ1v) is 12.6. The Labute approximate surface area is 197 Å². The van der Waals surface area contributed by atoms with E-state index in [2.05, 4.69) is 44.8 Å². The highest BCUT2D eigenvalue weighted by Crippen LogP contribution is 2.41. The summed E-state index contributed by atoms with van der Waals surface area (Å²) < 4.78 is 7.67. The van der Waals surface area contributed by atoms with Crippen LogP contribution in [-0.4, -0.2) is 70.4 Å². The van der Waals surface area contributed by atoms with Crippen molar-refractivity contribution in [1.82, 2.24) is 19.6 Å². The molecule has 178 valence electrons. The van der Waals surface area contributed by atoms with Crippen LogP contribution >= 0.6 is 0 Å². The summed E-state index contributed by atoms with van der Waals surface area (Å²) in [6.45, 7) is 11.7. The number of hydrogen-bond acceptors (Lipinski definition) is 5. The van der Waals surface area contributed by atoms with Crippen LogP contribution in [0.1, 0.15) is 64.5 Å². The lowest BCUT2D eigenvalue weighted by molar-refractivity contribution is -0.156. The van der Waals surface area contributed by atoms with Crippen molar-refractivity contribution in [2.75, 3.05) is 39.3 Å². The number of nitrogens with zero attached hydrogens (tertiary/aromatic N) is 4. The molecule has 5 heterocycles. The van der Waals surface area contributed by atoms with Gasteiger partial charge in [0.05, 0.1) is 24.3 Å². The third-order valence-electron chi connectivity index (χ3n) is 7.70. The second-order valence-electron chi connectivity index (χ2n) is 11.3. The number of aromatic nitrogens is 2. The van der Waals surface area contributed by atoms with Crippen LogP contribution in [0.15, 0.2) is 30.5 Å².